The molecule has 1 aromatic carbocycles. The van der Waals surface area contributed by atoms with Crippen LogP contribution in [0.2, 0.25) is 0 Å². The molecule has 0 fully saturated rings. The molecule has 2 N–H and O–H groups in total. The number of halogens is 3. The highest BCUT2D eigenvalue weighted by atomic mass is 19.2. The van der Waals surface area contributed by atoms with Crippen molar-refractivity contribution in [1.82, 2.24) is 9.97 Å². The van der Waals surface area contributed by atoms with Gasteiger partial charge in [-0.1, -0.05) is 0 Å². The maximum Gasteiger partial charge on any atom is 0.185 e. The fourth-order valence-electron chi connectivity index (χ4n) is 1.16. The van der Waals surface area contributed by atoms with E-state index in [1.807, 2.05) is 0 Å². The van der Waals surface area contributed by atoms with E-state index in [9.17, 15) is 13.2 Å². The molecule has 0 unspecified atom stereocenters. The molecular weight excluding hydrogens is 195 g/mol. The lowest BCUT2D eigenvalue weighted by Crippen LogP contribution is -1.99. The Labute approximate surface area is 76.4 Å². The standard InChI is InChI=1S/C8H4F3N3/c9-3-1-4(10)6(11)7-5(3)8(12)14-2-13-7/h1-2H,(H2,12,13,14). The second-order valence-electron chi connectivity index (χ2n) is 2.64. The third kappa shape index (κ3) is 1.07. The third-order valence-electron chi connectivity index (χ3n) is 1.79. The zero-order valence-electron chi connectivity index (χ0n) is 6.76. The van der Waals surface area contributed by atoms with Gasteiger partial charge in [-0.15, -0.1) is 0 Å². The Bertz CT molecular complexity index is 513. The number of hydrogen-bond acceptors (Lipinski definition) is 3. The van der Waals surface area contributed by atoms with E-state index in [4.69, 9.17) is 5.73 Å². The van der Waals surface area contributed by atoms with Crippen LogP contribution in [0.4, 0.5) is 19.0 Å². The molecule has 2 aromatic rings. The zero-order valence-corrected chi connectivity index (χ0v) is 6.76. The van der Waals surface area contributed by atoms with Crippen LogP contribution in [0.25, 0.3) is 10.9 Å². The first kappa shape index (κ1) is 8.74. The van der Waals surface area contributed by atoms with Gasteiger partial charge in [-0.25, -0.2) is 23.1 Å². The minimum Gasteiger partial charge on any atom is -0.383 e. The van der Waals surface area contributed by atoms with Gasteiger partial charge in [-0.05, 0) is 0 Å². The highest BCUT2D eigenvalue weighted by Gasteiger charge is 2.15. The fourth-order valence-corrected chi connectivity index (χ4v) is 1.16. The van der Waals surface area contributed by atoms with Crippen LogP contribution >= 0.6 is 0 Å². The van der Waals surface area contributed by atoms with Gasteiger partial charge in [0, 0.05) is 6.07 Å². The van der Waals surface area contributed by atoms with Crippen molar-refractivity contribution in [2.45, 2.75) is 0 Å². The van der Waals surface area contributed by atoms with Crippen LogP contribution in [0.15, 0.2) is 12.4 Å². The minimum atomic E-state index is -1.30. The predicted octanol–water partition coefficient (Wildman–Crippen LogP) is 1.63. The van der Waals surface area contributed by atoms with E-state index in [1.165, 1.54) is 0 Å². The van der Waals surface area contributed by atoms with Crippen LogP contribution in [-0.2, 0) is 0 Å². The van der Waals surface area contributed by atoms with Crippen LogP contribution in [0.5, 0.6) is 0 Å². The molecule has 1 aromatic heterocycles. The molecular formula is C8H4F3N3. The van der Waals surface area contributed by atoms with Gasteiger partial charge in [0.2, 0.25) is 0 Å². The maximum absolute atomic E-state index is 13.1. The van der Waals surface area contributed by atoms with Gasteiger partial charge in [0.1, 0.15) is 23.5 Å². The SMILES string of the molecule is Nc1ncnc2c(F)c(F)cc(F)c12. The third-order valence-corrected chi connectivity index (χ3v) is 1.79. The van der Waals surface area contributed by atoms with E-state index in [-0.39, 0.29) is 11.2 Å². The summed E-state index contributed by atoms with van der Waals surface area (Å²) in [4.78, 5) is 6.89. The molecule has 0 saturated heterocycles. The van der Waals surface area contributed by atoms with Crippen molar-refractivity contribution in [3.63, 3.8) is 0 Å². The van der Waals surface area contributed by atoms with Crippen LogP contribution in [-0.4, -0.2) is 9.97 Å². The number of nitrogens with two attached hydrogens (primary N) is 1. The van der Waals surface area contributed by atoms with Crippen LogP contribution in [0.1, 0.15) is 0 Å². The van der Waals surface area contributed by atoms with Gasteiger partial charge in [0.25, 0.3) is 0 Å². The van der Waals surface area contributed by atoms with Gasteiger partial charge < -0.3 is 5.73 Å². The number of rotatable bonds is 0. The summed E-state index contributed by atoms with van der Waals surface area (Å²) in [5.41, 5.74) is 4.85. The van der Waals surface area contributed by atoms with Crippen molar-refractivity contribution in [1.29, 1.82) is 0 Å². The van der Waals surface area contributed by atoms with Crippen molar-refractivity contribution in [2.24, 2.45) is 0 Å². The summed E-state index contributed by atoms with van der Waals surface area (Å²) < 4.78 is 38.9. The number of fused-ring (bicyclic) bond motifs is 1. The van der Waals surface area contributed by atoms with Crippen molar-refractivity contribution in [3.05, 3.63) is 29.8 Å². The second-order valence-corrected chi connectivity index (χ2v) is 2.64. The molecule has 0 spiro atoms. The fraction of sp³-hybridized carbons (Fsp3) is 0. The van der Waals surface area contributed by atoms with E-state index in [2.05, 4.69) is 9.97 Å². The minimum absolute atomic E-state index is 0.216. The van der Waals surface area contributed by atoms with Gasteiger partial charge in [-0.2, -0.15) is 0 Å². The van der Waals surface area contributed by atoms with Crippen molar-refractivity contribution < 1.29 is 13.2 Å². The molecule has 6 heteroatoms. The Kier molecular flexibility index (Phi) is 1.77. The van der Waals surface area contributed by atoms with E-state index >= 15 is 0 Å². The molecule has 0 aliphatic carbocycles. The normalized spacial score (nSPS) is 10.8. The quantitative estimate of drug-likeness (QED) is 0.656. The molecule has 0 aliphatic heterocycles. The monoisotopic (exact) mass is 199 g/mol. The number of nitrogens with zero attached hydrogens (tertiary/aromatic N) is 2. The number of anilines is 1. The lowest BCUT2D eigenvalue weighted by atomic mass is 10.2. The molecule has 0 amide bonds. The van der Waals surface area contributed by atoms with E-state index in [1.54, 1.807) is 0 Å². The van der Waals surface area contributed by atoms with Crippen molar-refractivity contribution in [3.8, 4) is 0 Å². The average Bonchev–Trinajstić information content (AvgIpc) is 2.14. The highest BCUT2D eigenvalue weighted by molar-refractivity contribution is 5.88. The summed E-state index contributed by atoms with van der Waals surface area (Å²) in [5.74, 6) is -3.72. The van der Waals surface area contributed by atoms with Crippen molar-refractivity contribution >= 4 is 16.7 Å². The number of nitrogen functional groups attached to an aromatic ring is 1. The lowest BCUT2D eigenvalue weighted by Gasteiger charge is -2.02. The van der Waals surface area contributed by atoms with Gasteiger partial charge in [-0.3, -0.25) is 0 Å². The maximum atomic E-state index is 13.1. The largest absolute Gasteiger partial charge is 0.383 e. The highest BCUT2D eigenvalue weighted by Crippen LogP contribution is 2.24. The van der Waals surface area contributed by atoms with Crippen LogP contribution < -0.4 is 5.73 Å². The predicted molar refractivity (Wildman–Crippen MR) is 43.8 cm³/mol. The van der Waals surface area contributed by atoms with E-state index in [0.29, 0.717) is 6.07 Å². The molecule has 3 nitrogen and oxygen atoms in total. The summed E-state index contributed by atoms with van der Waals surface area (Å²) in [6.45, 7) is 0. The smallest absolute Gasteiger partial charge is 0.185 e. The summed E-state index contributed by atoms with van der Waals surface area (Å²) in [6, 6.07) is 0.414. The molecule has 0 atom stereocenters. The summed E-state index contributed by atoms with van der Waals surface area (Å²) in [6.07, 6.45) is 0.944. The molecule has 0 saturated carbocycles. The number of hydrogen-bond donors (Lipinski definition) is 1. The molecule has 14 heavy (non-hydrogen) atoms. The van der Waals surface area contributed by atoms with Crippen LogP contribution in [0, 0.1) is 17.5 Å². The van der Waals surface area contributed by atoms with Crippen LogP contribution in [0.3, 0.4) is 0 Å². The Morgan fingerprint density at radius 1 is 1.07 bits per heavy atom. The number of benzene rings is 1. The summed E-state index contributed by atoms with van der Waals surface area (Å²) >= 11 is 0. The first-order valence-corrected chi connectivity index (χ1v) is 3.65. The summed E-state index contributed by atoms with van der Waals surface area (Å²) in [7, 11) is 0. The van der Waals surface area contributed by atoms with Crippen molar-refractivity contribution in [2.75, 3.05) is 5.73 Å². The second kappa shape index (κ2) is 2.83. The van der Waals surface area contributed by atoms with E-state index in [0.717, 1.165) is 6.33 Å². The Morgan fingerprint density at radius 3 is 2.50 bits per heavy atom. The zero-order chi connectivity index (χ0) is 10.3. The van der Waals surface area contributed by atoms with Gasteiger partial charge in [0.05, 0.1) is 5.39 Å². The first-order chi connectivity index (χ1) is 6.61. The Morgan fingerprint density at radius 2 is 1.79 bits per heavy atom. The van der Waals surface area contributed by atoms with Gasteiger partial charge in [0.15, 0.2) is 11.6 Å². The molecule has 72 valence electrons. The molecule has 2 rings (SSSR count). The number of aromatic nitrogens is 2. The Hall–Kier alpha value is -1.85. The summed E-state index contributed by atoms with van der Waals surface area (Å²) in [5, 5.41) is -0.300. The van der Waals surface area contributed by atoms with E-state index < -0.39 is 23.0 Å². The first-order valence-electron chi connectivity index (χ1n) is 3.65. The Balaban J connectivity index is 3.02. The molecule has 0 radical (unpaired) electrons. The average molecular weight is 199 g/mol. The van der Waals surface area contributed by atoms with Gasteiger partial charge >= 0.3 is 0 Å². The molecule has 0 aliphatic rings. The molecule has 1 heterocycles. The topological polar surface area (TPSA) is 51.8 Å². The molecule has 0 bridgehead atoms. The lowest BCUT2D eigenvalue weighted by molar-refractivity contribution is 0.504.